The molecule has 1 aromatic rings. The van der Waals surface area contributed by atoms with Crippen LogP contribution < -0.4 is 15.2 Å². The van der Waals surface area contributed by atoms with Gasteiger partial charge in [-0.1, -0.05) is 0 Å². The molecule has 22 heavy (non-hydrogen) atoms. The molecule has 1 aromatic carbocycles. The normalized spacial score (nSPS) is 19.1. The van der Waals surface area contributed by atoms with E-state index in [1.54, 1.807) is 0 Å². The Bertz CT molecular complexity index is 660. The van der Waals surface area contributed by atoms with Gasteiger partial charge in [0.1, 0.15) is 5.75 Å². The van der Waals surface area contributed by atoms with E-state index < -0.39 is 10.0 Å². The van der Waals surface area contributed by atoms with Crippen molar-refractivity contribution in [1.82, 2.24) is 10.2 Å². The Morgan fingerprint density at radius 1 is 1.50 bits per heavy atom. The number of amides is 1. The molecule has 3 N–H and O–H groups in total. The van der Waals surface area contributed by atoms with Gasteiger partial charge in [-0.2, -0.15) is 0 Å². The molecule has 0 aliphatic carbocycles. The topological polar surface area (TPSA) is 102 Å². The van der Waals surface area contributed by atoms with E-state index in [0.717, 1.165) is 19.4 Å². The quantitative estimate of drug-likeness (QED) is 0.802. The molecule has 1 atom stereocenters. The molecule has 0 spiro atoms. The van der Waals surface area contributed by atoms with Crippen molar-refractivity contribution in [3.63, 3.8) is 0 Å². The van der Waals surface area contributed by atoms with Crippen LogP contribution in [0.4, 0.5) is 0 Å². The van der Waals surface area contributed by atoms with Crippen LogP contribution in [-0.4, -0.2) is 52.5 Å². The Labute approximate surface area is 130 Å². The molecular weight excluding hydrogens is 306 g/mol. The monoisotopic (exact) mass is 327 g/mol. The maximum absolute atomic E-state index is 12.3. The number of ether oxygens (including phenoxy) is 1. The van der Waals surface area contributed by atoms with Crippen LogP contribution in [-0.2, 0) is 10.0 Å². The second-order valence-electron chi connectivity index (χ2n) is 5.39. The highest BCUT2D eigenvalue weighted by molar-refractivity contribution is 7.89. The molecule has 7 nitrogen and oxygen atoms in total. The average Bonchev–Trinajstić information content (AvgIpc) is 2.88. The molecule has 2 rings (SSSR count). The van der Waals surface area contributed by atoms with Gasteiger partial charge in [0.25, 0.3) is 5.91 Å². The maximum atomic E-state index is 12.3. The Morgan fingerprint density at radius 2 is 2.23 bits per heavy atom. The number of carbonyl (C=O) groups excluding carboxylic acids is 1. The summed E-state index contributed by atoms with van der Waals surface area (Å²) in [7, 11) is -0.423. The zero-order valence-corrected chi connectivity index (χ0v) is 13.5. The zero-order chi connectivity index (χ0) is 16.3. The van der Waals surface area contributed by atoms with Crippen molar-refractivity contribution in [2.75, 3.05) is 27.2 Å². The van der Waals surface area contributed by atoms with Crippen molar-refractivity contribution < 1.29 is 17.9 Å². The van der Waals surface area contributed by atoms with Crippen LogP contribution in [0.15, 0.2) is 23.1 Å². The van der Waals surface area contributed by atoms with E-state index in [-0.39, 0.29) is 16.4 Å². The highest BCUT2D eigenvalue weighted by atomic mass is 32.2. The predicted octanol–water partition coefficient (Wildman–Crippen LogP) is 0.167. The summed E-state index contributed by atoms with van der Waals surface area (Å²) >= 11 is 0. The molecule has 0 unspecified atom stereocenters. The van der Waals surface area contributed by atoms with Crippen molar-refractivity contribution in [2.45, 2.75) is 23.8 Å². The van der Waals surface area contributed by atoms with Crippen molar-refractivity contribution in [1.29, 1.82) is 0 Å². The zero-order valence-electron chi connectivity index (χ0n) is 12.7. The third-order valence-electron chi connectivity index (χ3n) is 3.91. The van der Waals surface area contributed by atoms with Gasteiger partial charge in [-0.15, -0.1) is 0 Å². The molecule has 122 valence electrons. The maximum Gasteiger partial charge on any atom is 0.255 e. The van der Waals surface area contributed by atoms with Gasteiger partial charge in [-0.05, 0) is 44.6 Å². The molecule has 1 saturated heterocycles. The number of rotatable bonds is 5. The van der Waals surface area contributed by atoms with Crippen LogP contribution in [0.2, 0.25) is 0 Å². The average molecular weight is 327 g/mol. The lowest BCUT2D eigenvalue weighted by Crippen LogP contribution is -2.38. The number of hydrogen-bond donors (Lipinski definition) is 2. The number of carbonyl (C=O) groups is 1. The second-order valence-corrected chi connectivity index (χ2v) is 6.96. The molecule has 0 saturated carbocycles. The minimum atomic E-state index is -3.87. The number of nitrogens with two attached hydrogens (primary N) is 1. The van der Waals surface area contributed by atoms with Crippen LogP contribution >= 0.6 is 0 Å². The van der Waals surface area contributed by atoms with E-state index in [9.17, 15) is 13.2 Å². The standard InChI is InChI=1S/C14H21N3O4S/c1-17-7-3-4-10(17)9-16-14(18)12-8-11(22(15,19)20)5-6-13(12)21-2/h5-6,8,10H,3-4,7,9H2,1-2H3,(H,16,18)(H2,15,19,20)/t10-/m0/s1. The van der Waals surface area contributed by atoms with Gasteiger partial charge in [0.15, 0.2) is 0 Å². The summed E-state index contributed by atoms with van der Waals surface area (Å²) in [4.78, 5) is 14.4. The number of benzene rings is 1. The fourth-order valence-corrected chi connectivity index (χ4v) is 3.12. The van der Waals surface area contributed by atoms with Gasteiger partial charge in [-0.3, -0.25) is 4.79 Å². The van der Waals surface area contributed by atoms with E-state index in [1.807, 2.05) is 7.05 Å². The summed E-state index contributed by atoms with van der Waals surface area (Å²) < 4.78 is 28.0. The Kier molecular flexibility index (Phi) is 5.05. The fraction of sp³-hybridized carbons (Fsp3) is 0.500. The number of primary sulfonamides is 1. The first-order valence-electron chi connectivity index (χ1n) is 7.02. The molecule has 1 fully saturated rings. The van der Waals surface area contributed by atoms with Gasteiger partial charge >= 0.3 is 0 Å². The summed E-state index contributed by atoms with van der Waals surface area (Å²) in [6.45, 7) is 1.53. The van der Waals surface area contributed by atoms with Gasteiger partial charge in [0, 0.05) is 12.6 Å². The van der Waals surface area contributed by atoms with Crippen molar-refractivity contribution in [3.8, 4) is 5.75 Å². The van der Waals surface area contributed by atoms with Crippen molar-refractivity contribution in [2.24, 2.45) is 5.14 Å². The first-order chi connectivity index (χ1) is 10.3. The lowest BCUT2D eigenvalue weighted by atomic mass is 10.1. The smallest absolute Gasteiger partial charge is 0.255 e. The van der Waals surface area contributed by atoms with E-state index in [1.165, 1.54) is 25.3 Å². The Balaban J connectivity index is 2.16. The second kappa shape index (κ2) is 6.64. The number of nitrogens with zero attached hydrogens (tertiary/aromatic N) is 1. The van der Waals surface area contributed by atoms with Gasteiger partial charge < -0.3 is 15.0 Å². The highest BCUT2D eigenvalue weighted by Gasteiger charge is 2.23. The van der Waals surface area contributed by atoms with Crippen LogP contribution in [0.5, 0.6) is 5.75 Å². The molecule has 1 heterocycles. The van der Waals surface area contributed by atoms with Gasteiger partial charge in [-0.25, -0.2) is 13.6 Å². The van der Waals surface area contributed by atoms with E-state index in [2.05, 4.69) is 10.2 Å². The van der Waals surface area contributed by atoms with E-state index in [4.69, 9.17) is 9.88 Å². The van der Waals surface area contributed by atoms with Gasteiger partial charge in [0.2, 0.25) is 10.0 Å². The summed E-state index contributed by atoms with van der Waals surface area (Å²) in [5.41, 5.74) is 0.162. The number of nitrogens with one attached hydrogen (secondary N) is 1. The van der Waals surface area contributed by atoms with Crippen LogP contribution in [0, 0.1) is 0 Å². The Morgan fingerprint density at radius 3 is 2.77 bits per heavy atom. The molecule has 1 amide bonds. The number of hydrogen-bond acceptors (Lipinski definition) is 5. The summed E-state index contributed by atoms with van der Waals surface area (Å²) in [5, 5.41) is 7.93. The van der Waals surface area contributed by atoms with Crippen LogP contribution in [0.1, 0.15) is 23.2 Å². The highest BCUT2D eigenvalue weighted by Crippen LogP contribution is 2.22. The summed E-state index contributed by atoms with van der Waals surface area (Å²) in [6, 6.07) is 4.28. The summed E-state index contributed by atoms with van der Waals surface area (Å²) in [5.74, 6) is -0.0627. The molecule has 1 aliphatic rings. The summed E-state index contributed by atoms with van der Waals surface area (Å²) in [6.07, 6.45) is 2.15. The third-order valence-corrected chi connectivity index (χ3v) is 4.82. The van der Waals surface area contributed by atoms with E-state index >= 15 is 0 Å². The van der Waals surface area contributed by atoms with Gasteiger partial charge in [0.05, 0.1) is 17.6 Å². The predicted molar refractivity (Wildman–Crippen MR) is 82.4 cm³/mol. The van der Waals surface area contributed by atoms with E-state index in [0.29, 0.717) is 18.3 Å². The number of likely N-dealkylation sites (N-methyl/N-ethyl adjacent to an activating group) is 1. The number of sulfonamides is 1. The third kappa shape index (κ3) is 3.76. The molecule has 0 bridgehead atoms. The lowest BCUT2D eigenvalue weighted by molar-refractivity contribution is 0.0940. The SMILES string of the molecule is COc1ccc(S(N)(=O)=O)cc1C(=O)NC[C@@H]1CCCN1C. The largest absolute Gasteiger partial charge is 0.496 e. The van der Waals surface area contributed by atoms with Crippen molar-refractivity contribution >= 4 is 15.9 Å². The number of likely N-dealkylation sites (tertiary alicyclic amines) is 1. The minimum Gasteiger partial charge on any atom is -0.496 e. The lowest BCUT2D eigenvalue weighted by Gasteiger charge is -2.20. The first-order valence-corrected chi connectivity index (χ1v) is 8.57. The minimum absolute atomic E-state index is 0.114. The first kappa shape index (κ1) is 16.7. The van der Waals surface area contributed by atoms with Crippen LogP contribution in [0.25, 0.3) is 0 Å². The Hall–Kier alpha value is -1.64. The van der Waals surface area contributed by atoms with Crippen LogP contribution in [0.3, 0.4) is 0 Å². The van der Waals surface area contributed by atoms with Crippen molar-refractivity contribution in [3.05, 3.63) is 23.8 Å². The molecule has 1 aliphatic heterocycles. The molecule has 0 radical (unpaired) electrons. The molecular formula is C14H21N3O4S. The molecule has 0 aromatic heterocycles. The molecule has 8 heteroatoms. The fourth-order valence-electron chi connectivity index (χ4n) is 2.58. The number of methoxy groups -OCH3 is 1.